The van der Waals surface area contributed by atoms with E-state index in [4.69, 9.17) is 4.74 Å². The average molecular weight is 281 g/mol. The second-order valence-electron chi connectivity index (χ2n) is 5.73. The van der Waals surface area contributed by atoms with Gasteiger partial charge in [0.05, 0.1) is 7.11 Å². The summed E-state index contributed by atoms with van der Waals surface area (Å²) in [6, 6.07) is 17.6. The molecule has 0 aliphatic heterocycles. The fourth-order valence-electron chi connectivity index (χ4n) is 3.16. The Hall–Kier alpha value is -1.80. The zero-order valence-electron chi connectivity index (χ0n) is 12.6. The first-order chi connectivity index (χ1) is 10.4. The number of methoxy groups -OCH3 is 1. The highest BCUT2D eigenvalue weighted by molar-refractivity contribution is 5.32. The maximum Gasteiger partial charge on any atom is 0.119 e. The van der Waals surface area contributed by atoms with Crippen LogP contribution in [0.1, 0.15) is 42.0 Å². The van der Waals surface area contributed by atoms with Crippen molar-refractivity contribution >= 4 is 0 Å². The molecule has 1 aliphatic carbocycles. The lowest BCUT2D eigenvalue weighted by Gasteiger charge is -2.19. The molecule has 0 aromatic heterocycles. The van der Waals surface area contributed by atoms with E-state index in [-0.39, 0.29) is 0 Å². The highest BCUT2D eigenvalue weighted by Crippen LogP contribution is 2.28. The highest BCUT2D eigenvalue weighted by atomic mass is 16.5. The van der Waals surface area contributed by atoms with E-state index >= 15 is 0 Å². The van der Waals surface area contributed by atoms with Crippen molar-refractivity contribution in [2.45, 2.75) is 38.3 Å². The van der Waals surface area contributed by atoms with Gasteiger partial charge in [0.15, 0.2) is 0 Å². The van der Waals surface area contributed by atoms with Crippen molar-refractivity contribution in [2.75, 3.05) is 7.11 Å². The first-order valence-corrected chi connectivity index (χ1v) is 7.81. The van der Waals surface area contributed by atoms with Crippen molar-refractivity contribution in [3.63, 3.8) is 0 Å². The number of rotatable bonds is 4. The first-order valence-electron chi connectivity index (χ1n) is 7.81. The smallest absolute Gasteiger partial charge is 0.119 e. The Morgan fingerprint density at radius 3 is 2.90 bits per heavy atom. The van der Waals surface area contributed by atoms with Crippen LogP contribution in [-0.2, 0) is 13.0 Å². The van der Waals surface area contributed by atoms with Crippen molar-refractivity contribution in [3.8, 4) is 5.75 Å². The highest BCUT2D eigenvalue weighted by Gasteiger charge is 2.17. The van der Waals surface area contributed by atoms with Gasteiger partial charge in [0.1, 0.15) is 5.75 Å². The third-order valence-electron chi connectivity index (χ3n) is 4.31. The number of benzene rings is 2. The zero-order chi connectivity index (χ0) is 14.5. The predicted molar refractivity (Wildman–Crippen MR) is 86.6 cm³/mol. The van der Waals surface area contributed by atoms with Gasteiger partial charge in [-0.15, -0.1) is 0 Å². The van der Waals surface area contributed by atoms with Gasteiger partial charge in [-0.3, -0.25) is 0 Å². The van der Waals surface area contributed by atoms with Crippen LogP contribution in [0.15, 0.2) is 48.5 Å². The molecular formula is C19H23NO. The molecule has 2 aromatic rings. The van der Waals surface area contributed by atoms with Crippen LogP contribution in [0.25, 0.3) is 0 Å². The maximum absolute atomic E-state index is 5.30. The van der Waals surface area contributed by atoms with Crippen molar-refractivity contribution in [1.29, 1.82) is 0 Å². The van der Waals surface area contributed by atoms with Crippen molar-refractivity contribution in [2.24, 2.45) is 0 Å². The number of hydrogen-bond acceptors (Lipinski definition) is 2. The molecule has 21 heavy (non-hydrogen) atoms. The summed E-state index contributed by atoms with van der Waals surface area (Å²) >= 11 is 0. The molecule has 1 aliphatic rings. The fourth-order valence-corrected chi connectivity index (χ4v) is 3.16. The summed E-state index contributed by atoms with van der Waals surface area (Å²) in [6.45, 7) is 0.885. The Kier molecular flexibility index (Phi) is 4.56. The van der Waals surface area contributed by atoms with Crippen molar-refractivity contribution < 1.29 is 4.74 Å². The predicted octanol–water partition coefficient (Wildman–Crippen LogP) is 4.25. The molecule has 2 nitrogen and oxygen atoms in total. The number of aryl methyl sites for hydroxylation is 1. The minimum atomic E-state index is 0.468. The van der Waals surface area contributed by atoms with Crippen molar-refractivity contribution in [1.82, 2.24) is 5.32 Å². The maximum atomic E-state index is 5.30. The van der Waals surface area contributed by atoms with Crippen LogP contribution in [0.3, 0.4) is 0 Å². The monoisotopic (exact) mass is 281 g/mol. The van der Waals surface area contributed by atoms with E-state index in [9.17, 15) is 0 Å². The number of nitrogens with one attached hydrogen (secondary N) is 1. The van der Waals surface area contributed by atoms with E-state index in [1.165, 1.54) is 42.4 Å². The largest absolute Gasteiger partial charge is 0.497 e. The van der Waals surface area contributed by atoms with E-state index in [1.807, 2.05) is 6.07 Å². The molecule has 0 radical (unpaired) electrons. The molecule has 2 aromatic carbocycles. The molecule has 1 atom stereocenters. The molecule has 110 valence electrons. The number of ether oxygens (including phenoxy) is 1. The Labute approximate surface area is 127 Å². The van der Waals surface area contributed by atoms with E-state index in [0.29, 0.717) is 6.04 Å². The Morgan fingerprint density at radius 2 is 2.00 bits per heavy atom. The molecule has 2 heteroatoms. The first kappa shape index (κ1) is 14.2. The normalized spacial score (nSPS) is 17.9. The summed E-state index contributed by atoms with van der Waals surface area (Å²) in [5.74, 6) is 0.926. The minimum absolute atomic E-state index is 0.468. The van der Waals surface area contributed by atoms with Crippen LogP contribution in [0.4, 0.5) is 0 Å². The van der Waals surface area contributed by atoms with Gasteiger partial charge >= 0.3 is 0 Å². The Morgan fingerprint density at radius 1 is 1.10 bits per heavy atom. The third-order valence-corrected chi connectivity index (χ3v) is 4.31. The summed E-state index contributed by atoms with van der Waals surface area (Å²) in [4.78, 5) is 0. The lowest BCUT2D eigenvalue weighted by Crippen LogP contribution is -2.21. The van der Waals surface area contributed by atoms with E-state index in [1.54, 1.807) is 7.11 Å². The van der Waals surface area contributed by atoms with Crippen LogP contribution in [0.5, 0.6) is 5.75 Å². The molecule has 3 rings (SSSR count). The molecular weight excluding hydrogens is 258 g/mol. The van der Waals surface area contributed by atoms with Crippen LogP contribution in [-0.4, -0.2) is 7.11 Å². The summed E-state index contributed by atoms with van der Waals surface area (Å²) < 4.78 is 5.30. The Balaban J connectivity index is 1.72. The van der Waals surface area contributed by atoms with Crippen molar-refractivity contribution in [3.05, 3.63) is 65.2 Å². The van der Waals surface area contributed by atoms with Crippen LogP contribution in [0, 0.1) is 0 Å². The van der Waals surface area contributed by atoms with E-state index < -0.39 is 0 Å². The molecule has 0 fully saturated rings. The van der Waals surface area contributed by atoms with Gasteiger partial charge in [0, 0.05) is 12.6 Å². The lowest BCUT2D eigenvalue weighted by atomic mass is 9.99. The number of hydrogen-bond donors (Lipinski definition) is 1. The van der Waals surface area contributed by atoms with Gasteiger partial charge in [-0.1, -0.05) is 42.8 Å². The summed E-state index contributed by atoms with van der Waals surface area (Å²) in [7, 11) is 1.72. The Bertz CT molecular complexity index is 594. The van der Waals surface area contributed by atoms with Gasteiger partial charge in [0.25, 0.3) is 0 Å². The standard InChI is InChI=1S/C19H23NO/c1-21-17-10-6-7-15(13-17)14-20-19-12-5-3-9-16-8-2-4-11-18(16)19/h2,4,6-8,10-11,13,19-20H,3,5,9,12,14H2,1H3. The van der Waals surface area contributed by atoms with E-state index in [0.717, 1.165) is 12.3 Å². The second kappa shape index (κ2) is 6.77. The molecule has 0 bridgehead atoms. The molecule has 1 unspecified atom stereocenters. The average Bonchev–Trinajstić information content (AvgIpc) is 2.75. The zero-order valence-corrected chi connectivity index (χ0v) is 12.6. The summed E-state index contributed by atoms with van der Waals surface area (Å²) in [6.07, 6.45) is 5.04. The van der Waals surface area contributed by atoms with Gasteiger partial charge in [-0.2, -0.15) is 0 Å². The van der Waals surface area contributed by atoms with Crippen LogP contribution in [0.2, 0.25) is 0 Å². The second-order valence-corrected chi connectivity index (χ2v) is 5.73. The number of fused-ring (bicyclic) bond motifs is 1. The molecule has 1 N–H and O–H groups in total. The summed E-state index contributed by atoms with van der Waals surface area (Å²) in [5.41, 5.74) is 4.27. The van der Waals surface area contributed by atoms with Crippen LogP contribution < -0.4 is 10.1 Å². The summed E-state index contributed by atoms with van der Waals surface area (Å²) in [5, 5.41) is 3.73. The quantitative estimate of drug-likeness (QED) is 0.846. The van der Waals surface area contributed by atoms with Gasteiger partial charge < -0.3 is 10.1 Å². The minimum Gasteiger partial charge on any atom is -0.497 e. The third kappa shape index (κ3) is 3.45. The fraction of sp³-hybridized carbons (Fsp3) is 0.368. The van der Waals surface area contributed by atoms with Gasteiger partial charge in [0.2, 0.25) is 0 Å². The molecule has 0 saturated carbocycles. The SMILES string of the molecule is COc1cccc(CNC2CCCCc3ccccc32)c1. The molecule has 0 heterocycles. The van der Waals surface area contributed by atoms with Crippen LogP contribution >= 0.6 is 0 Å². The topological polar surface area (TPSA) is 21.3 Å². The van der Waals surface area contributed by atoms with Gasteiger partial charge in [-0.05, 0) is 48.1 Å². The van der Waals surface area contributed by atoms with E-state index in [2.05, 4.69) is 47.8 Å². The lowest BCUT2D eigenvalue weighted by molar-refractivity contribution is 0.413. The molecule has 0 spiro atoms. The molecule has 0 amide bonds. The van der Waals surface area contributed by atoms with Gasteiger partial charge in [-0.25, -0.2) is 0 Å². The molecule has 0 saturated heterocycles.